The third kappa shape index (κ3) is 9.22. The van der Waals surface area contributed by atoms with Gasteiger partial charge in [-0.05, 0) is 64.5 Å². The summed E-state index contributed by atoms with van der Waals surface area (Å²) in [6.07, 6.45) is 8.37. The zero-order valence-electron chi connectivity index (χ0n) is 31.5. The van der Waals surface area contributed by atoms with Gasteiger partial charge in [-0.1, -0.05) is 37.3 Å². The number of methoxy groups -OCH3 is 1. The highest BCUT2D eigenvalue weighted by Crippen LogP contribution is 2.38. The second-order valence-electron chi connectivity index (χ2n) is 13.7. The normalized spacial score (nSPS) is 15.4. The maximum atomic E-state index is 12.7. The molecule has 0 spiro atoms. The molecule has 3 N–H and O–H groups in total. The molecule has 294 valence electrons. The number of hydrogen-bond acceptors (Lipinski definition) is 13. The third-order valence-corrected chi connectivity index (χ3v) is 11.2. The highest BCUT2D eigenvalue weighted by atomic mass is 79.9. The number of anilines is 6. The number of nitrogens with zero attached hydrogens (tertiary/aromatic N) is 7. The number of halogens is 1. The van der Waals surface area contributed by atoms with Crippen LogP contribution in [0.25, 0.3) is 11.0 Å². The number of amides is 1. The molecule has 2 aromatic heterocycles. The van der Waals surface area contributed by atoms with Gasteiger partial charge in [0.1, 0.15) is 23.7 Å². The minimum absolute atomic E-state index is 0.249. The molecule has 2 saturated heterocycles. The molecular formula is C39H45BrN10O5S. The Morgan fingerprint density at radius 2 is 1.68 bits per heavy atom. The smallest absolute Gasteiger partial charge is 0.410 e. The zero-order valence-corrected chi connectivity index (χ0v) is 33.9. The van der Waals surface area contributed by atoms with Gasteiger partial charge < -0.3 is 29.9 Å². The maximum absolute atomic E-state index is 12.7. The van der Waals surface area contributed by atoms with Crippen LogP contribution in [0.4, 0.5) is 39.3 Å². The summed E-state index contributed by atoms with van der Waals surface area (Å²) in [5.74, 6) is 1.37. The number of rotatable bonds is 12. The molecular weight excluding hydrogens is 800 g/mol. The van der Waals surface area contributed by atoms with E-state index in [1.165, 1.54) is 11.8 Å². The van der Waals surface area contributed by atoms with E-state index in [0.717, 1.165) is 68.6 Å². The van der Waals surface area contributed by atoms with Gasteiger partial charge >= 0.3 is 6.09 Å². The largest absolute Gasteiger partial charge is 0.494 e. The fourth-order valence-corrected chi connectivity index (χ4v) is 8.07. The first-order valence-corrected chi connectivity index (χ1v) is 21.2. The van der Waals surface area contributed by atoms with Crippen LogP contribution in [0.3, 0.4) is 0 Å². The molecule has 1 amide bonds. The summed E-state index contributed by atoms with van der Waals surface area (Å²) in [6.45, 7) is 7.26. The number of carbonyl (C=O) groups excluding carboxylic acids is 1. The fourth-order valence-electron chi connectivity index (χ4n) is 7.20. The lowest BCUT2D eigenvalue weighted by Gasteiger charge is -2.43. The van der Waals surface area contributed by atoms with Crippen molar-refractivity contribution in [1.29, 1.82) is 0 Å². The first-order chi connectivity index (χ1) is 27.1. The number of carbonyl (C=O) groups is 1. The monoisotopic (exact) mass is 844 g/mol. The Hall–Kier alpha value is -5.26. The number of ether oxygens (including phenoxy) is 2. The Kier molecular flexibility index (Phi) is 12.0. The number of sulfonamides is 1. The van der Waals surface area contributed by atoms with E-state index in [1.807, 2.05) is 35.2 Å². The average molecular weight is 846 g/mol. The van der Waals surface area contributed by atoms with Crippen molar-refractivity contribution in [3.05, 3.63) is 88.8 Å². The first kappa shape index (κ1) is 39.0. The predicted molar refractivity (Wildman–Crippen MR) is 222 cm³/mol. The van der Waals surface area contributed by atoms with Gasteiger partial charge in [-0.2, -0.15) is 4.98 Å². The van der Waals surface area contributed by atoms with Gasteiger partial charge in [0.2, 0.25) is 16.0 Å². The van der Waals surface area contributed by atoms with Crippen LogP contribution in [-0.4, -0.2) is 103 Å². The molecule has 0 aliphatic carbocycles. The lowest BCUT2D eigenvalue weighted by molar-refractivity contribution is 0.0554. The van der Waals surface area contributed by atoms with Crippen molar-refractivity contribution in [3.8, 4) is 5.75 Å². The van der Waals surface area contributed by atoms with E-state index in [1.54, 1.807) is 31.6 Å². The molecule has 3 aromatic carbocycles. The Balaban J connectivity index is 0.998. The van der Waals surface area contributed by atoms with Gasteiger partial charge in [0, 0.05) is 75.7 Å². The van der Waals surface area contributed by atoms with Crippen LogP contribution in [0.2, 0.25) is 0 Å². The van der Waals surface area contributed by atoms with Gasteiger partial charge in [-0.25, -0.2) is 18.2 Å². The van der Waals surface area contributed by atoms with Crippen LogP contribution in [-0.2, 0) is 27.8 Å². The molecule has 56 heavy (non-hydrogen) atoms. The highest BCUT2D eigenvalue weighted by Gasteiger charge is 2.30. The number of hydrogen-bond donors (Lipinski definition) is 3. The first-order valence-electron chi connectivity index (χ1n) is 18.5. The molecule has 2 aliphatic rings. The van der Waals surface area contributed by atoms with Gasteiger partial charge in [0.05, 0.1) is 40.4 Å². The maximum Gasteiger partial charge on any atom is 0.410 e. The number of fused-ring (bicyclic) bond motifs is 1. The molecule has 17 heteroatoms. The Morgan fingerprint density at radius 3 is 2.39 bits per heavy atom. The average Bonchev–Trinajstić information content (AvgIpc) is 3.22. The number of piperidine rings is 1. The molecule has 0 radical (unpaired) electrons. The van der Waals surface area contributed by atoms with Crippen molar-refractivity contribution in [2.24, 2.45) is 0 Å². The lowest BCUT2D eigenvalue weighted by atomic mass is 9.99. The Morgan fingerprint density at radius 1 is 0.929 bits per heavy atom. The van der Waals surface area contributed by atoms with E-state index in [-0.39, 0.29) is 18.4 Å². The van der Waals surface area contributed by atoms with Gasteiger partial charge in [0.25, 0.3) is 0 Å². The second kappa shape index (κ2) is 17.3. The van der Waals surface area contributed by atoms with Crippen LogP contribution in [0.15, 0.2) is 77.7 Å². The van der Waals surface area contributed by atoms with Crippen molar-refractivity contribution in [1.82, 2.24) is 29.7 Å². The fraction of sp³-hybridized carbons (Fsp3) is 0.359. The molecule has 0 unspecified atom stereocenters. The zero-order chi connectivity index (χ0) is 39.2. The summed E-state index contributed by atoms with van der Waals surface area (Å²) in [5, 5.41) is 6.57. The summed E-state index contributed by atoms with van der Waals surface area (Å²) in [5.41, 5.74) is 5.64. The molecule has 2 fully saturated rings. The predicted octanol–water partition coefficient (Wildman–Crippen LogP) is 6.54. The molecule has 7 rings (SSSR count). The molecule has 4 heterocycles. The third-order valence-electron chi connectivity index (χ3n) is 10.1. The number of piperazine rings is 1. The van der Waals surface area contributed by atoms with Crippen LogP contribution in [0.1, 0.15) is 30.9 Å². The lowest BCUT2D eigenvalue weighted by Crippen LogP contribution is -2.54. The highest BCUT2D eigenvalue weighted by molar-refractivity contribution is 9.10. The minimum atomic E-state index is -3.64. The molecule has 0 saturated carbocycles. The van der Waals surface area contributed by atoms with Crippen LogP contribution in [0.5, 0.6) is 5.75 Å². The van der Waals surface area contributed by atoms with E-state index in [2.05, 4.69) is 75.1 Å². The summed E-state index contributed by atoms with van der Waals surface area (Å²) in [6, 6.07) is 17.9. The summed E-state index contributed by atoms with van der Waals surface area (Å²) < 4.78 is 39.2. The molecule has 5 aromatic rings. The molecule has 15 nitrogen and oxygen atoms in total. The SMILES string of the molecule is CCc1cc(Nc2ncc(Br)c(Nc3ccc4nccnc4c3NS(C)(=O)=O)n2)c(OC)cc1N1CCC(N2CCN(C(=O)OCc3ccccc3)CC2)CC1. The van der Waals surface area contributed by atoms with Gasteiger partial charge in [0.15, 0.2) is 0 Å². The topological polar surface area (TPSA) is 167 Å². The molecule has 2 aliphatic heterocycles. The molecule has 0 bridgehead atoms. The van der Waals surface area contributed by atoms with Crippen molar-refractivity contribution in [3.63, 3.8) is 0 Å². The quantitative estimate of drug-likeness (QED) is 0.124. The van der Waals surface area contributed by atoms with Crippen LogP contribution >= 0.6 is 15.9 Å². The summed E-state index contributed by atoms with van der Waals surface area (Å²) >= 11 is 3.53. The molecule has 0 atom stereocenters. The second-order valence-corrected chi connectivity index (χ2v) is 16.3. The number of benzene rings is 3. The Labute approximate surface area is 335 Å². The standard InChI is InChI=1S/C39H45BrN10O5S/c1-4-27-22-32(45-38-43-24-29(40)37(46-38)44-31-11-10-30-35(42-15-14-41-30)36(31)47-56(3,52)53)34(54-2)23-33(27)49-16-12-28(13-17-49)48-18-20-50(21-19-48)39(51)55-25-26-8-6-5-7-9-26/h5-11,14-15,22-24,28,47H,4,12-13,16-21,25H2,1-3H3,(H2,43,44,45,46). The number of nitrogens with one attached hydrogen (secondary N) is 3. The van der Waals surface area contributed by atoms with Crippen LogP contribution in [0, 0.1) is 0 Å². The van der Waals surface area contributed by atoms with Gasteiger partial charge in [-0.3, -0.25) is 19.6 Å². The van der Waals surface area contributed by atoms with Crippen molar-refractivity contribution >= 4 is 77.6 Å². The number of aryl methyl sites for hydroxylation is 1. The minimum Gasteiger partial charge on any atom is -0.494 e. The van der Waals surface area contributed by atoms with E-state index >= 15 is 0 Å². The van der Waals surface area contributed by atoms with Crippen LogP contribution < -0.4 is 25.0 Å². The van der Waals surface area contributed by atoms with E-state index in [0.29, 0.717) is 57.8 Å². The van der Waals surface area contributed by atoms with E-state index in [4.69, 9.17) is 14.5 Å². The van der Waals surface area contributed by atoms with E-state index < -0.39 is 10.0 Å². The van der Waals surface area contributed by atoms with Gasteiger partial charge in [-0.15, -0.1) is 0 Å². The Bertz CT molecular complexity index is 2290. The number of aromatic nitrogens is 4. The van der Waals surface area contributed by atoms with Crippen molar-refractivity contribution < 1.29 is 22.7 Å². The summed E-state index contributed by atoms with van der Waals surface area (Å²) in [4.78, 5) is 37.4. The summed E-state index contributed by atoms with van der Waals surface area (Å²) in [7, 11) is -1.99. The van der Waals surface area contributed by atoms with E-state index in [9.17, 15) is 13.2 Å². The van der Waals surface area contributed by atoms with Crippen molar-refractivity contribution in [2.75, 3.05) is 72.9 Å². The van der Waals surface area contributed by atoms with Crippen molar-refractivity contribution in [2.45, 2.75) is 38.8 Å².